The lowest BCUT2D eigenvalue weighted by molar-refractivity contribution is -0.311. The van der Waals surface area contributed by atoms with E-state index >= 15 is 0 Å². The van der Waals surface area contributed by atoms with Crippen molar-refractivity contribution in [2.45, 2.75) is 124 Å². The molecule has 7 aromatic rings. The van der Waals surface area contributed by atoms with Crippen LogP contribution in [0.1, 0.15) is 87.6 Å². The Kier molecular flexibility index (Phi) is 31.2. The van der Waals surface area contributed by atoms with Crippen LogP contribution in [0.2, 0.25) is 0 Å². The van der Waals surface area contributed by atoms with Crippen LogP contribution in [0.25, 0.3) is 33.4 Å². The summed E-state index contributed by atoms with van der Waals surface area (Å²) >= 11 is 2.66. The number of ether oxygens (including phenoxy) is 7. The van der Waals surface area contributed by atoms with Crippen molar-refractivity contribution in [2.24, 2.45) is 0 Å². The first kappa shape index (κ1) is 86.3. The maximum Gasteiger partial charge on any atom is 0.407 e. The maximum absolute atomic E-state index is 14.3. The van der Waals surface area contributed by atoms with Gasteiger partial charge in [-0.3, -0.25) is 28.8 Å². The van der Waals surface area contributed by atoms with Gasteiger partial charge in [0.25, 0.3) is 29.3 Å². The molecule has 606 valence electrons. The van der Waals surface area contributed by atoms with Crippen LogP contribution in [0, 0.1) is 0 Å². The Morgan fingerprint density at radius 3 is 1.34 bits per heavy atom. The van der Waals surface area contributed by atoms with Crippen molar-refractivity contribution in [1.82, 2.24) is 31.9 Å². The number of amides is 7. The molecule has 2 aliphatic heterocycles. The molecule has 1 aliphatic carbocycles. The molecule has 2 saturated heterocycles. The monoisotopic (exact) mass is 1610 g/mol. The molecular formula is C83H95N7O22S2. The van der Waals surface area contributed by atoms with Gasteiger partial charge in [0.1, 0.15) is 37.1 Å². The van der Waals surface area contributed by atoms with Crippen LogP contribution in [-0.2, 0) is 57.1 Å². The SMILES string of the molecule is COC(=O)[C@@]1(OCCCSCCNC(=O)c2ccc(NC(=O)C(CSCCCO[C@]3(C(=O)OC)C[C@@H](O)[C@@H](NC(C)=O)C([C@H](O)[C@H](O)CNC(=O)c4ccc(-c5ccccc5)cc4)O3)NC(=O)OCC3c4ccccc4-c4ccccc43)cc2)C[C@@H](O)[C@@H](NC(C)=O)C([C@H](O)[C@H](O)CNC(=O)c2ccc(-c3ccccc3)cc2)O1. The van der Waals surface area contributed by atoms with Gasteiger partial charge in [0.2, 0.25) is 17.7 Å². The number of benzene rings is 7. The molecule has 0 spiro atoms. The van der Waals surface area contributed by atoms with Gasteiger partial charge in [0.15, 0.2) is 0 Å². The zero-order chi connectivity index (χ0) is 81.5. The fourth-order valence-electron chi connectivity index (χ4n) is 13.7. The van der Waals surface area contributed by atoms with Crippen molar-refractivity contribution < 1.29 is 107 Å². The minimum absolute atomic E-state index is 0.0253. The highest BCUT2D eigenvalue weighted by Crippen LogP contribution is 2.45. The lowest BCUT2D eigenvalue weighted by atomic mass is 9.88. The fourth-order valence-corrected chi connectivity index (χ4v) is 15.4. The Labute approximate surface area is 667 Å². The second kappa shape index (κ2) is 41.3. The quantitative estimate of drug-likeness (QED) is 0.0135. The number of esters is 2. The van der Waals surface area contributed by atoms with Gasteiger partial charge in [-0.05, 0) is 117 Å². The molecule has 7 aromatic carbocycles. The summed E-state index contributed by atoms with van der Waals surface area (Å²) in [4.78, 5) is 120. The average molecular weight is 1610 g/mol. The molecule has 13 N–H and O–H groups in total. The van der Waals surface area contributed by atoms with Crippen molar-refractivity contribution in [3.8, 4) is 33.4 Å². The third-order valence-corrected chi connectivity index (χ3v) is 21.7. The molecule has 3 unspecified atom stereocenters. The van der Waals surface area contributed by atoms with Crippen molar-refractivity contribution in [2.75, 3.05) is 82.0 Å². The molecule has 13 atom stereocenters. The third kappa shape index (κ3) is 22.5. The van der Waals surface area contributed by atoms with E-state index < -0.39 is 158 Å². The van der Waals surface area contributed by atoms with E-state index in [2.05, 4.69) is 37.2 Å². The van der Waals surface area contributed by atoms with Gasteiger partial charge in [-0.25, -0.2) is 14.4 Å². The molecule has 0 bridgehead atoms. The van der Waals surface area contributed by atoms with E-state index in [1.807, 2.05) is 109 Å². The summed E-state index contributed by atoms with van der Waals surface area (Å²) in [5.74, 6) is -9.47. The van der Waals surface area contributed by atoms with E-state index in [4.69, 9.17) is 33.2 Å². The number of hydrogen-bond acceptors (Lipinski definition) is 24. The normalized spacial score (nSPS) is 21.0. The first-order valence-corrected chi connectivity index (χ1v) is 39.5. The van der Waals surface area contributed by atoms with Gasteiger partial charge in [0, 0.05) is 86.1 Å². The van der Waals surface area contributed by atoms with Gasteiger partial charge in [0.05, 0.1) is 63.9 Å². The number of carbonyl (C=O) groups excluding carboxylic acids is 9. The van der Waals surface area contributed by atoms with Gasteiger partial charge >= 0.3 is 18.0 Å². The second-order valence-electron chi connectivity index (χ2n) is 27.5. The predicted molar refractivity (Wildman–Crippen MR) is 423 cm³/mol. The zero-order valence-electron chi connectivity index (χ0n) is 63.2. The van der Waals surface area contributed by atoms with Crippen molar-refractivity contribution in [1.29, 1.82) is 0 Å². The topological polar surface area (TPSA) is 424 Å². The first-order chi connectivity index (χ1) is 54.9. The number of thioether (sulfide) groups is 2. The Morgan fingerprint density at radius 2 is 0.904 bits per heavy atom. The molecule has 10 rings (SSSR count). The number of anilines is 1. The molecule has 31 heteroatoms. The molecule has 0 saturated carbocycles. The predicted octanol–water partition coefficient (Wildman–Crippen LogP) is 5.23. The largest absolute Gasteiger partial charge is 0.465 e. The summed E-state index contributed by atoms with van der Waals surface area (Å²) in [5.41, 5.74) is 8.67. The number of nitrogens with one attached hydrogen (secondary N) is 7. The van der Waals surface area contributed by atoms with Crippen LogP contribution in [0.4, 0.5) is 10.5 Å². The Bertz CT molecular complexity index is 4380. The van der Waals surface area contributed by atoms with E-state index in [1.54, 1.807) is 48.5 Å². The second-order valence-corrected chi connectivity index (χ2v) is 29.9. The van der Waals surface area contributed by atoms with Gasteiger partial charge < -0.3 is 101 Å². The zero-order valence-corrected chi connectivity index (χ0v) is 64.8. The number of alkyl carbamates (subject to hydrolysis) is 1. The molecule has 2 fully saturated rings. The van der Waals surface area contributed by atoms with Crippen LogP contribution < -0.4 is 37.2 Å². The van der Waals surface area contributed by atoms with Gasteiger partial charge in [-0.1, -0.05) is 133 Å². The molecule has 29 nitrogen and oxygen atoms in total. The molecule has 2 heterocycles. The molecule has 7 amide bonds. The van der Waals surface area contributed by atoms with Gasteiger partial charge in [-0.2, -0.15) is 23.5 Å². The van der Waals surface area contributed by atoms with E-state index in [0.29, 0.717) is 17.9 Å². The maximum atomic E-state index is 14.3. The lowest BCUT2D eigenvalue weighted by Gasteiger charge is -2.47. The third-order valence-electron chi connectivity index (χ3n) is 19.5. The van der Waals surface area contributed by atoms with Gasteiger partial charge in [-0.15, -0.1) is 0 Å². The highest BCUT2D eigenvalue weighted by Gasteiger charge is 2.58. The summed E-state index contributed by atoms with van der Waals surface area (Å²) < 4.78 is 40.3. The summed E-state index contributed by atoms with van der Waals surface area (Å²) in [7, 11) is 2.13. The summed E-state index contributed by atoms with van der Waals surface area (Å²) in [6.45, 7) is 1.13. The fraction of sp³-hybridized carbons (Fsp3) is 0.386. The summed E-state index contributed by atoms with van der Waals surface area (Å²) in [6, 6.07) is 50.2. The molecule has 0 aromatic heterocycles. The van der Waals surface area contributed by atoms with E-state index in [0.717, 1.165) is 65.7 Å². The highest BCUT2D eigenvalue weighted by molar-refractivity contribution is 7.99. The lowest BCUT2D eigenvalue weighted by Crippen LogP contribution is -2.68. The van der Waals surface area contributed by atoms with Crippen LogP contribution in [0.5, 0.6) is 0 Å². The Hall–Kier alpha value is -10.1. The van der Waals surface area contributed by atoms with E-state index in [1.165, 1.54) is 54.7 Å². The number of fused-ring (bicyclic) bond motifs is 3. The highest BCUT2D eigenvalue weighted by atomic mass is 32.2. The molecule has 114 heavy (non-hydrogen) atoms. The number of aliphatic hydroxyl groups is 6. The number of rotatable bonds is 37. The summed E-state index contributed by atoms with van der Waals surface area (Å²) in [6.07, 6.45) is -15.4. The van der Waals surface area contributed by atoms with Crippen LogP contribution in [-0.4, -0.2) is 239 Å². The average Bonchev–Trinajstić information content (AvgIpc) is 1.06. The summed E-state index contributed by atoms with van der Waals surface area (Å²) in [5, 5.41) is 87.2. The Balaban J connectivity index is 0.702. The number of hydrogen-bond donors (Lipinski definition) is 13. The van der Waals surface area contributed by atoms with Crippen molar-refractivity contribution in [3.63, 3.8) is 0 Å². The first-order valence-electron chi connectivity index (χ1n) is 37.2. The van der Waals surface area contributed by atoms with Crippen molar-refractivity contribution in [3.05, 3.63) is 210 Å². The molecular weight excluding hydrogens is 1510 g/mol. The smallest absolute Gasteiger partial charge is 0.407 e. The minimum Gasteiger partial charge on any atom is -0.465 e. The number of carbonyl (C=O) groups is 9. The Morgan fingerprint density at radius 1 is 0.500 bits per heavy atom. The standard InChI is InChI=1S/C83H95N7O22S2/c1-49(91)87-69-65(93)43-82(79(103)106-3,111-73(69)71(97)67(95)45-85-76(100)55-29-25-53(26-30-55)51-17-7-5-8-18-51)109-38-15-40-113-42-37-84-75(99)57-33-35-58(36-34-57)89-78(102)64(90-81(105)108-47-63-61-23-13-11-21-59(61)60-22-12-14-24-62(60)63)48-114-41-16-39-110-83(80(104)107-4)44-66(94)70(88-50(2)92)74(112-83)72(98)68(96)46-86-77(101)56-31-27-54(28-32-56)52-19-9-6-10-20-52/h5-14,17-36,63-74,93-98H,15-16,37-48H2,1-4H3,(H,84,99)(H,85,100)(H,86,101)(H,87,91)(H,88,92)(H,89,102)(H,90,105)/t64?,65-,66-,67-,68-,69-,70-,71-,72-,73?,74?,82-,83-/m1/s1. The van der Waals surface area contributed by atoms with E-state index in [-0.39, 0.29) is 72.6 Å². The van der Waals surface area contributed by atoms with Crippen molar-refractivity contribution >= 4 is 82.7 Å². The van der Waals surface area contributed by atoms with Crippen LogP contribution >= 0.6 is 23.5 Å². The molecule has 0 radical (unpaired) electrons. The van der Waals surface area contributed by atoms with E-state index in [9.17, 15) is 73.8 Å². The van der Waals surface area contributed by atoms with Crippen LogP contribution in [0.15, 0.2) is 182 Å². The van der Waals surface area contributed by atoms with Crippen LogP contribution in [0.3, 0.4) is 0 Å². The number of methoxy groups -OCH3 is 2. The minimum atomic E-state index is -2.38. The molecule has 3 aliphatic rings. The number of aliphatic hydroxyl groups excluding tert-OH is 6.